The van der Waals surface area contributed by atoms with Crippen LogP contribution >= 0.6 is 0 Å². The summed E-state index contributed by atoms with van der Waals surface area (Å²) in [4.78, 5) is 17.6. The smallest absolute Gasteiger partial charge is 0.253 e. The Morgan fingerprint density at radius 2 is 1.69 bits per heavy atom. The maximum absolute atomic E-state index is 13.0. The number of amides is 1. The van der Waals surface area contributed by atoms with Crippen LogP contribution in [0.15, 0.2) is 48.5 Å². The average Bonchev–Trinajstić information content (AvgIpc) is 3.20. The van der Waals surface area contributed by atoms with Gasteiger partial charge >= 0.3 is 0 Å². The highest BCUT2D eigenvalue weighted by Gasteiger charge is 2.41. The molecule has 0 radical (unpaired) electrons. The number of hydrogen-bond donors (Lipinski definition) is 0. The van der Waals surface area contributed by atoms with E-state index in [-0.39, 0.29) is 5.91 Å². The van der Waals surface area contributed by atoms with Gasteiger partial charge in [-0.2, -0.15) is 0 Å². The Morgan fingerprint density at radius 3 is 2.38 bits per heavy atom. The number of ether oxygens (including phenoxy) is 1. The molecular weight excluding hydrogens is 396 g/mol. The summed E-state index contributed by atoms with van der Waals surface area (Å²) < 4.78 is 6.07. The van der Waals surface area contributed by atoms with Crippen molar-refractivity contribution in [2.45, 2.75) is 53.0 Å². The molecule has 2 saturated heterocycles. The highest BCUT2D eigenvalue weighted by molar-refractivity contribution is 5.94. The van der Waals surface area contributed by atoms with E-state index < -0.39 is 0 Å². The topological polar surface area (TPSA) is 32.8 Å². The van der Waals surface area contributed by atoms with E-state index in [0.29, 0.717) is 11.3 Å². The second kappa shape index (κ2) is 10.1. The van der Waals surface area contributed by atoms with Crippen LogP contribution in [0.3, 0.4) is 0 Å². The number of nitrogens with zero attached hydrogens (tertiary/aromatic N) is 2. The zero-order valence-electron chi connectivity index (χ0n) is 20.0. The Kier molecular flexibility index (Phi) is 7.20. The highest BCUT2D eigenvalue weighted by Crippen LogP contribution is 2.41. The number of hydrogen-bond acceptors (Lipinski definition) is 3. The standard InChI is InChI=1S/C28H38N2O2/c1-4-23-9-11-24(12-10-23)27(31)30-17-14-28(15-18-30)13-16-29(21-28)19-25-7-5-6-8-26(25)32-20-22(2)3/h5-12,22H,4,13-21H2,1-3H3. The zero-order valence-corrected chi connectivity index (χ0v) is 20.0. The number of aryl methyl sites for hydroxylation is 1. The van der Waals surface area contributed by atoms with Crippen molar-refractivity contribution in [1.82, 2.24) is 9.80 Å². The Morgan fingerprint density at radius 1 is 1.00 bits per heavy atom. The van der Waals surface area contributed by atoms with Gasteiger partial charge in [-0.3, -0.25) is 9.69 Å². The fraction of sp³-hybridized carbons (Fsp3) is 0.536. The summed E-state index contributed by atoms with van der Waals surface area (Å²) in [5.41, 5.74) is 3.75. The third kappa shape index (κ3) is 5.35. The molecular formula is C28H38N2O2. The summed E-state index contributed by atoms with van der Waals surface area (Å²) in [7, 11) is 0. The second-order valence-electron chi connectivity index (χ2n) is 10.1. The van der Waals surface area contributed by atoms with Gasteiger partial charge in [-0.15, -0.1) is 0 Å². The quantitative estimate of drug-likeness (QED) is 0.584. The Bertz CT molecular complexity index is 898. The Balaban J connectivity index is 1.32. The molecule has 2 aliphatic heterocycles. The fourth-order valence-electron chi connectivity index (χ4n) is 5.09. The first kappa shape index (κ1) is 22.8. The summed E-state index contributed by atoms with van der Waals surface area (Å²) in [5.74, 6) is 1.74. The lowest BCUT2D eigenvalue weighted by Crippen LogP contribution is -2.44. The van der Waals surface area contributed by atoms with Gasteiger partial charge in [-0.1, -0.05) is 51.1 Å². The van der Waals surface area contributed by atoms with Crippen LogP contribution < -0.4 is 4.74 Å². The first-order valence-corrected chi connectivity index (χ1v) is 12.3. The molecule has 2 aromatic rings. The van der Waals surface area contributed by atoms with Gasteiger partial charge in [0.2, 0.25) is 0 Å². The molecule has 2 heterocycles. The van der Waals surface area contributed by atoms with Crippen LogP contribution in [0.4, 0.5) is 0 Å². The van der Waals surface area contributed by atoms with E-state index in [1.807, 2.05) is 12.1 Å². The molecule has 0 saturated carbocycles. The monoisotopic (exact) mass is 434 g/mol. The van der Waals surface area contributed by atoms with Crippen LogP contribution in [0.25, 0.3) is 0 Å². The van der Waals surface area contributed by atoms with Crippen molar-refractivity contribution in [2.75, 3.05) is 32.8 Å². The summed E-state index contributed by atoms with van der Waals surface area (Å²) in [6.07, 6.45) is 4.45. The minimum absolute atomic E-state index is 0.189. The second-order valence-corrected chi connectivity index (χ2v) is 10.1. The van der Waals surface area contributed by atoms with Crippen LogP contribution in [0.5, 0.6) is 5.75 Å². The lowest BCUT2D eigenvalue weighted by molar-refractivity contribution is 0.0587. The van der Waals surface area contributed by atoms with Gasteiger partial charge in [0, 0.05) is 37.3 Å². The zero-order chi connectivity index (χ0) is 22.6. The minimum atomic E-state index is 0.189. The molecule has 32 heavy (non-hydrogen) atoms. The molecule has 4 rings (SSSR count). The first-order valence-electron chi connectivity index (χ1n) is 12.3. The van der Waals surface area contributed by atoms with Gasteiger partial charge in [0.25, 0.3) is 5.91 Å². The van der Waals surface area contributed by atoms with E-state index in [1.165, 1.54) is 17.5 Å². The number of rotatable bonds is 7. The molecule has 0 aromatic heterocycles. The SMILES string of the molecule is CCc1ccc(C(=O)N2CCC3(CCN(Cc4ccccc4OCC(C)C)C3)CC2)cc1. The van der Waals surface area contributed by atoms with Crippen molar-refractivity contribution in [2.24, 2.45) is 11.3 Å². The van der Waals surface area contributed by atoms with Crippen molar-refractivity contribution in [3.8, 4) is 5.75 Å². The maximum Gasteiger partial charge on any atom is 0.253 e. The number of carbonyl (C=O) groups is 1. The molecule has 0 N–H and O–H groups in total. The Hall–Kier alpha value is -2.33. The van der Waals surface area contributed by atoms with E-state index in [4.69, 9.17) is 4.74 Å². The normalized spacial score (nSPS) is 18.4. The highest BCUT2D eigenvalue weighted by atomic mass is 16.5. The summed E-state index contributed by atoms with van der Waals surface area (Å²) in [6, 6.07) is 16.6. The maximum atomic E-state index is 13.0. The number of likely N-dealkylation sites (tertiary alicyclic amines) is 2. The third-order valence-corrected chi connectivity index (χ3v) is 7.18. The molecule has 4 nitrogen and oxygen atoms in total. The number of para-hydroxylation sites is 1. The molecule has 4 heteroatoms. The molecule has 172 valence electrons. The van der Waals surface area contributed by atoms with Crippen molar-refractivity contribution >= 4 is 5.91 Å². The summed E-state index contributed by atoms with van der Waals surface area (Å²) in [6.45, 7) is 12.2. The molecule has 0 unspecified atom stereocenters. The van der Waals surface area contributed by atoms with E-state index in [1.54, 1.807) is 0 Å². The minimum Gasteiger partial charge on any atom is -0.493 e. The van der Waals surface area contributed by atoms with Gasteiger partial charge in [-0.05, 0) is 67.3 Å². The van der Waals surface area contributed by atoms with Crippen LogP contribution in [0.1, 0.15) is 61.5 Å². The van der Waals surface area contributed by atoms with Gasteiger partial charge in [-0.25, -0.2) is 0 Å². The van der Waals surface area contributed by atoms with E-state index >= 15 is 0 Å². The molecule has 2 aromatic carbocycles. The van der Waals surface area contributed by atoms with Crippen molar-refractivity contribution in [3.05, 3.63) is 65.2 Å². The average molecular weight is 435 g/mol. The van der Waals surface area contributed by atoms with E-state index in [9.17, 15) is 4.79 Å². The van der Waals surface area contributed by atoms with Gasteiger partial charge in [0.1, 0.15) is 5.75 Å². The van der Waals surface area contributed by atoms with Crippen LogP contribution in [0, 0.1) is 11.3 Å². The van der Waals surface area contributed by atoms with Gasteiger partial charge < -0.3 is 9.64 Å². The van der Waals surface area contributed by atoms with E-state index in [2.05, 4.69) is 67.0 Å². The molecule has 1 amide bonds. The van der Waals surface area contributed by atoms with Crippen molar-refractivity contribution in [1.29, 1.82) is 0 Å². The first-order chi connectivity index (χ1) is 15.5. The van der Waals surface area contributed by atoms with Gasteiger partial charge in [0.15, 0.2) is 0 Å². The molecule has 2 aliphatic rings. The molecule has 0 bridgehead atoms. The molecule has 1 spiro atoms. The lowest BCUT2D eigenvalue weighted by Gasteiger charge is -2.39. The number of carbonyl (C=O) groups excluding carboxylic acids is 1. The Labute approximate surface area is 193 Å². The molecule has 0 aliphatic carbocycles. The predicted molar refractivity (Wildman–Crippen MR) is 130 cm³/mol. The lowest BCUT2D eigenvalue weighted by atomic mass is 9.77. The van der Waals surface area contributed by atoms with Crippen molar-refractivity contribution < 1.29 is 9.53 Å². The molecule has 2 fully saturated rings. The van der Waals surface area contributed by atoms with Crippen molar-refractivity contribution in [3.63, 3.8) is 0 Å². The third-order valence-electron chi connectivity index (χ3n) is 7.18. The van der Waals surface area contributed by atoms with Crippen LogP contribution in [-0.4, -0.2) is 48.5 Å². The van der Waals surface area contributed by atoms with Crippen LogP contribution in [-0.2, 0) is 13.0 Å². The number of benzene rings is 2. The molecule has 0 atom stereocenters. The predicted octanol–water partition coefficient (Wildman–Crippen LogP) is 5.41. The summed E-state index contributed by atoms with van der Waals surface area (Å²) in [5, 5.41) is 0. The largest absolute Gasteiger partial charge is 0.493 e. The fourth-order valence-corrected chi connectivity index (χ4v) is 5.09. The van der Waals surface area contributed by atoms with Gasteiger partial charge in [0.05, 0.1) is 6.61 Å². The van der Waals surface area contributed by atoms with E-state index in [0.717, 1.165) is 69.9 Å². The van der Waals surface area contributed by atoms with Crippen LogP contribution in [0.2, 0.25) is 0 Å². The number of piperidine rings is 1. The summed E-state index contributed by atoms with van der Waals surface area (Å²) >= 11 is 0.